The van der Waals surface area contributed by atoms with Gasteiger partial charge in [-0.15, -0.1) is 0 Å². The van der Waals surface area contributed by atoms with Crippen LogP contribution in [-0.4, -0.2) is 16.9 Å². The number of anilines is 2. The Balaban J connectivity index is 1.51. The molecule has 1 saturated carbocycles. The van der Waals surface area contributed by atoms with E-state index in [1.165, 1.54) is 44.2 Å². The fourth-order valence-electron chi connectivity index (χ4n) is 3.01. The third kappa shape index (κ3) is 4.78. The summed E-state index contributed by atoms with van der Waals surface area (Å²) < 4.78 is 12.9. The summed E-state index contributed by atoms with van der Waals surface area (Å²) in [5.41, 5.74) is 1.75. The Bertz CT molecular complexity index is 664. The molecule has 1 aromatic heterocycles. The topological polar surface area (TPSA) is 54.0 Å². The van der Waals surface area contributed by atoms with Crippen molar-refractivity contribution in [2.75, 3.05) is 10.6 Å². The van der Waals surface area contributed by atoms with E-state index in [0.29, 0.717) is 11.9 Å². The Kier molecular flexibility index (Phi) is 5.41. The van der Waals surface area contributed by atoms with Crippen LogP contribution in [0, 0.1) is 5.82 Å². The summed E-state index contributed by atoms with van der Waals surface area (Å²) in [6, 6.07) is 10.2. The van der Waals surface area contributed by atoms with Crippen molar-refractivity contribution in [2.24, 2.45) is 0 Å². The third-order valence-corrected chi connectivity index (χ3v) is 4.28. The Morgan fingerprint density at radius 2 is 1.83 bits per heavy atom. The number of pyridine rings is 1. The molecule has 0 spiro atoms. The van der Waals surface area contributed by atoms with Crippen LogP contribution >= 0.6 is 0 Å². The second-order valence-electron chi connectivity index (χ2n) is 6.26. The molecule has 0 unspecified atom stereocenters. The van der Waals surface area contributed by atoms with E-state index in [1.54, 1.807) is 24.4 Å². The molecule has 1 aliphatic carbocycles. The van der Waals surface area contributed by atoms with Crippen molar-refractivity contribution < 1.29 is 9.18 Å². The summed E-state index contributed by atoms with van der Waals surface area (Å²) in [6.45, 7) is 0. The molecule has 24 heavy (non-hydrogen) atoms. The van der Waals surface area contributed by atoms with Crippen LogP contribution in [0.2, 0.25) is 0 Å². The zero-order chi connectivity index (χ0) is 16.8. The normalized spacial score (nSPS) is 15.0. The molecule has 0 saturated heterocycles. The minimum Gasteiger partial charge on any atom is -0.381 e. The van der Waals surface area contributed by atoms with Crippen molar-refractivity contribution in [1.29, 1.82) is 0 Å². The van der Waals surface area contributed by atoms with Gasteiger partial charge in [-0.3, -0.25) is 4.79 Å². The van der Waals surface area contributed by atoms with Gasteiger partial charge in [0.15, 0.2) is 0 Å². The van der Waals surface area contributed by atoms with E-state index in [0.717, 1.165) is 11.3 Å². The van der Waals surface area contributed by atoms with Crippen molar-refractivity contribution >= 4 is 17.4 Å². The Hall–Kier alpha value is -2.43. The first kappa shape index (κ1) is 16.4. The second-order valence-corrected chi connectivity index (χ2v) is 6.26. The highest BCUT2D eigenvalue weighted by molar-refractivity contribution is 5.91. The molecule has 0 atom stereocenters. The van der Waals surface area contributed by atoms with Crippen LogP contribution in [0.25, 0.3) is 0 Å². The minimum absolute atomic E-state index is 0.165. The van der Waals surface area contributed by atoms with E-state index in [9.17, 15) is 9.18 Å². The Morgan fingerprint density at radius 1 is 1.08 bits per heavy atom. The van der Waals surface area contributed by atoms with Gasteiger partial charge in [0.1, 0.15) is 11.6 Å². The fraction of sp³-hybridized carbons (Fsp3) is 0.368. The van der Waals surface area contributed by atoms with Crippen LogP contribution in [0.1, 0.15) is 37.7 Å². The molecular weight excluding hydrogens is 305 g/mol. The highest BCUT2D eigenvalue weighted by Crippen LogP contribution is 2.21. The smallest absolute Gasteiger partial charge is 0.229 e. The third-order valence-electron chi connectivity index (χ3n) is 4.28. The van der Waals surface area contributed by atoms with Crippen LogP contribution < -0.4 is 10.6 Å². The summed E-state index contributed by atoms with van der Waals surface area (Å²) >= 11 is 0. The van der Waals surface area contributed by atoms with E-state index >= 15 is 0 Å². The largest absolute Gasteiger partial charge is 0.381 e. The fourth-order valence-corrected chi connectivity index (χ4v) is 3.01. The molecule has 5 heteroatoms. The second kappa shape index (κ2) is 7.90. The van der Waals surface area contributed by atoms with Gasteiger partial charge in [0.05, 0.1) is 18.3 Å². The summed E-state index contributed by atoms with van der Waals surface area (Å²) in [6.07, 6.45) is 8.25. The number of rotatable bonds is 5. The lowest BCUT2D eigenvalue weighted by Crippen LogP contribution is -2.22. The van der Waals surface area contributed by atoms with Gasteiger partial charge in [-0.1, -0.05) is 31.4 Å². The number of benzene rings is 1. The van der Waals surface area contributed by atoms with E-state index in [2.05, 4.69) is 15.6 Å². The van der Waals surface area contributed by atoms with Crippen molar-refractivity contribution in [3.05, 3.63) is 54.0 Å². The average Bonchev–Trinajstić information content (AvgIpc) is 2.60. The number of carbonyl (C=O) groups excluding carboxylic acids is 1. The van der Waals surface area contributed by atoms with Gasteiger partial charge in [0, 0.05) is 6.04 Å². The maximum Gasteiger partial charge on any atom is 0.229 e. The van der Waals surface area contributed by atoms with E-state index in [-0.39, 0.29) is 18.1 Å². The molecule has 126 valence electrons. The average molecular weight is 327 g/mol. The van der Waals surface area contributed by atoms with Gasteiger partial charge < -0.3 is 10.6 Å². The highest BCUT2D eigenvalue weighted by atomic mass is 19.1. The van der Waals surface area contributed by atoms with Crippen molar-refractivity contribution in [3.8, 4) is 0 Å². The monoisotopic (exact) mass is 327 g/mol. The summed E-state index contributed by atoms with van der Waals surface area (Å²) in [7, 11) is 0. The summed E-state index contributed by atoms with van der Waals surface area (Å²) in [5, 5.41) is 6.26. The lowest BCUT2D eigenvalue weighted by molar-refractivity contribution is -0.115. The number of nitrogens with zero attached hydrogens (tertiary/aromatic N) is 1. The maximum absolute atomic E-state index is 12.9. The van der Waals surface area contributed by atoms with E-state index in [1.807, 2.05) is 6.07 Å². The van der Waals surface area contributed by atoms with E-state index in [4.69, 9.17) is 0 Å². The number of carbonyl (C=O) groups is 1. The number of aromatic nitrogens is 1. The zero-order valence-electron chi connectivity index (χ0n) is 13.6. The van der Waals surface area contributed by atoms with Crippen LogP contribution in [0.15, 0.2) is 42.6 Å². The lowest BCUT2D eigenvalue weighted by Gasteiger charge is -2.23. The number of halogens is 1. The van der Waals surface area contributed by atoms with Gasteiger partial charge >= 0.3 is 0 Å². The molecule has 1 aliphatic rings. The van der Waals surface area contributed by atoms with Crippen LogP contribution in [0.5, 0.6) is 0 Å². The summed E-state index contributed by atoms with van der Waals surface area (Å²) in [5.74, 6) is 0.0558. The Morgan fingerprint density at radius 3 is 2.50 bits per heavy atom. The van der Waals surface area contributed by atoms with Gasteiger partial charge in [-0.25, -0.2) is 9.37 Å². The predicted octanol–water partition coefficient (Wildman–Crippen LogP) is 4.15. The van der Waals surface area contributed by atoms with Gasteiger partial charge in [0.25, 0.3) is 0 Å². The molecule has 1 amide bonds. The molecule has 0 radical (unpaired) electrons. The molecule has 3 rings (SSSR count). The molecule has 2 aromatic rings. The van der Waals surface area contributed by atoms with E-state index < -0.39 is 0 Å². The first-order chi connectivity index (χ1) is 11.7. The van der Waals surface area contributed by atoms with Crippen molar-refractivity contribution in [1.82, 2.24) is 4.98 Å². The zero-order valence-corrected chi connectivity index (χ0v) is 13.6. The summed E-state index contributed by atoms with van der Waals surface area (Å²) in [4.78, 5) is 16.3. The number of hydrogen-bond acceptors (Lipinski definition) is 3. The quantitative estimate of drug-likeness (QED) is 0.867. The number of nitrogens with one attached hydrogen (secondary N) is 2. The highest BCUT2D eigenvalue weighted by Gasteiger charge is 2.13. The maximum atomic E-state index is 12.9. The predicted molar refractivity (Wildman–Crippen MR) is 93.5 cm³/mol. The van der Waals surface area contributed by atoms with Crippen molar-refractivity contribution in [3.63, 3.8) is 0 Å². The lowest BCUT2D eigenvalue weighted by atomic mass is 9.95. The molecule has 2 N–H and O–H groups in total. The molecule has 0 aliphatic heterocycles. The minimum atomic E-state index is -0.304. The Labute approximate surface area is 141 Å². The van der Waals surface area contributed by atoms with Crippen LogP contribution in [-0.2, 0) is 11.2 Å². The van der Waals surface area contributed by atoms with Gasteiger partial charge in [-0.2, -0.15) is 0 Å². The van der Waals surface area contributed by atoms with Crippen LogP contribution in [0.3, 0.4) is 0 Å². The first-order valence-corrected chi connectivity index (χ1v) is 8.46. The standard InChI is InChI=1S/C19H22FN3O/c20-15-8-6-14(7-9-15)12-19(24)23-18-11-10-17(13-21-18)22-16-4-2-1-3-5-16/h6-11,13,16,22H,1-5,12H2,(H,21,23,24). The van der Waals surface area contributed by atoms with Crippen molar-refractivity contribution in [2.45, 2.75) is 44.6 Å². The SMILES string of the molecule is O=C(Cc1ccc(F)cc1)Nc1ccc(NC2CCCCC2)cn1. The van der Waals surface area contributed by atoms with Crippen LogP contribution in [0.4, 0.5) is 15.9 Å². The van der Waals surface area contributed by atoms with Gasteiger partial charge in [0.2, 0.25) is 5.91 Å². The number of hydrogen-bond donors (Lipinski definition) is 2. The molecule has 1 heterocycles. The molecule has 4 nitrogen and oxygen atoms in total. The molecular formula is C19H22FN3O. The number of amides is 1. The molecule has 0 bridgehead atoms. The molecule has 1 aromatic carbocycles. The molecule has 1 fully saturated rings. The van der Waals surface area contributed by atoms with Gasteiger partial charge in [-0.05, 0) is 42.7 Å². The first-order valence-electron chi connectivity index (χ1n) is 8.46.